The highest BCUT2D eigenvalue weighted by Gasteiger charge is 2.25. The topological polar surface area (TPSA) is 75.6 Å². The minimum atomic E-state index is -0.982. The van der Waals surface area contributed by atoms with Gasteiger partial charge in [-0.3, -0.25) is 9.59 Å². The Labute approximate surface area is 186 Å². The monoisotopic (exact) mass is 439 g/mol. The van der Waals surface area contributed by atoms with Gasteiger partial charge in [-0.05, 0) is 37.7 Å². The van der Waals surface area contributed by atoms with Gasteiger partial charge in [0.05, 0.1) is 6.10 Å². The lowest BCUT2D eigenvalue weighted by Gasteiger charge is -2.19. The molecule has 6 heteroatoms. The SMILES string of the molecule is CCCCCCC[C@@H](C/C=C/CCC(=O)NC/C(=C/Cl)C1=CCCC(O)C1=O)OC. The van der Waals surface area contributed by atoms with Crippen LogP contribution in [0.15, 0.2) is 34.9 Å². The molecule has 0 heterocycles. The Bertz CT molecular complexity index is 612. The maximum atomic E-state index is 12.1. The average Bonchev–Trinajstić information content (AvgIpc) is 2.75. The van der Waals surface area contributed by atoms with Crippen molar-refractivity contribution in [3.05, 3.63) is 34.9 Å². The molecule has 0 aromatic rings. The molecule has 1 unspecified atom stereocenters. The summed E-state index contributed by atoms with van der Waals surface area (Å²) in [6, 6.07) is 0. The quantitative estimate of drug-likeness (QED) is 0.279. The van der Waals surface area contributed by atoms with Crippen LogP contribution in [0.4, 0.5) is 0 Å². The van der Waals surface area contributed by atoms with Gasteiger partial charge < -0.3 is 15.2 Å². The van der Waals surface area contributed by atoms with Gasteiger partial charge in [-0.15, -0.1) is 0 Å². The van der Waals surface area contributed by atoms with Crippen molar-refractivity contribution in [1.82, 2.24) is 5.32 Å². The summed E-state index contributed by atoms with van der Waals surface area (Å²) >= 11 is 5.84. The molecule has 0 radical (unpaired) electrons. The fraction of sp³-hybridized carbons (Fsp3) is 0.667. The maximum absolute atomic E-state index is 12.1. The Kier molecular flexibility index (Phi) is 14.4. The molecule has 0 fully saturated rings. The van der Waals surface area contributed by atoms with Crippen LogP contribution >= 0.6 is 11.6 Å². The minimum absolute atomic E-state index is 0.0979. The molecule has 0 bridgehead atoms. The molecule has 0 aliphatic heterocycles. The normalized spacial score (nSPS) is 18.5. The van der Waals surface area contributed by atoms with Crippen LogP contribution in [0, 0.1) is 0 Å². The minimum Gasteiger partial charge on any atom is -0.385 e. The van der Waals surface area contributed by atoms with E-state index in [1.807, 2.05) is 6.08 Å². The second-order valence-corrected chi connectivity index (χ2v) is 8.01. The van der Waals surface area contributed by atoms with Crippen LogP contribution in [0.2, 0.25) is 0 Å². The van der Waals surface area contributed by atoms with E-state index in [0.29, 0.717) is 36.8 Å². The average molecular weight is 440 g/mol. The van der Waals surface area contributed by atoms with E-state index in [0.717, 1.165) is 12.8 Å². The lowest BCUT2D eigenvalue weighted by Crippen LogP contribution is -2.31. The number of nitrogens with one attached hydrogen (secondary N) is 1. The summed E-state index contributed by atoms with van der Waals surface area (Å²) < 4.78 is 5.54. The lowest BCUT2D eigenvalue weighted by atomic mass is 9.91. The Morgan fingerprint density at radius 1 is 1.33 bits per heavy atom. The molecule has 0 aromatic heterocycles. The van der Waals surface area contributed by atoms with E-state index in [1.54, 1.807) is 13.2 Å². The number of methoxy groups -OCH3 is 1. The first-order chi connectivity index (χ1) is 14.5. The number of aliphatic hydroxyl groups excluding tert-OH is 1. The lowest BCUT2D eigenvalue weighted by molar-refractivity contribution is -0.124. The molecule has 170 valence electrons. The van der Waals surface area contributed by atoms with Gasteiger partial charge in [0.1, 0.15) is 6.10 Å². The predicted octanol–water partition coefficient (Wildman–Crippen LogP) is 4.98. The third-order valence-electron chi connectivity index (χ3n) is 5.38. The number of allylic oxidation sites excluding steroid dienone is 2. The molecule has 5 nitrogen and oxygen atoms in total. The maximum Gasteiger partial charge on any atom is 0.220 e. The van der Waals surface area contributed by atoms with Crippen LogP contribution in [0.25, 0.3) is 0 Å². The molecule has 2 N–H and O–H groups in total. The first-order valence-electron chi connectivity index (χ1n) is 11.2. The van der Waals surface area contributed by atoms with Gasteiger partial charge in [-0.2, -0.15) is 0 Å². The van der Waals surface area contributed by atoms with Gasteiger partial charge in [0.25, 0.3) is 0 Å². The number of carbonyl (C=O) groups excluding carboxylic acids is 2. The Morgan fingerprint density at radius 3 is 2.80 bits per heavy atom. The highest BCUT2D eigenvalue weighted by atomic mass is 35.5. The fourth-order valence-electron chi connectivity index (χ4n) is 3.45. The summed E-state index contributed by atoms with van der Waals surface area (Å²) in [7, 11) is 1.76. The van der Waals surface area contributed by atoms with Gasteiger partial charge in [0.2, 0.25) is 5.91 Å². The summed E-state index contributed by atoms with van der Waals surface area (Å²) in [6.45, 7) is 2.40. The van der Waals surface area contributed by atoms with Gasteiger partial charge in [0, 0.05) is 31.2 Å². The molecule has 1 aliphatic rings. The number of hydrogen-bond acceptors (Lipinski definition) is 4. The van der Waals surface area contributed by atoms with Crippen LogP contribution < -0.4 is 5.32 Å². The van der Waals surface area contributed by atoms with E-state index < -0.39 is 6.10 Å². The zero-order valence-corrected chi connectivity index (χ0v) is 19.3. The van der Waals surface area contributed by atoms with Crippen molar-refractivity contribution in [3.63, 3.8) is 0 Å². The Balaban J connectivity index is 2.25. The smallest absolute Gasteiger partial charge is 0.220 e. The summed E-state index contributed by atoms with van der Waals surface area (Å²) in [4.78, 5) is 24.1. The van der Waals surface area contributed by atoms with Gasteiger partial charge >= 0.3 is 0 Å². The molecule has 30 heavy (non-hydrogen) atoms. The highest BCUT2D eigenvalue weighted by molar-refractivity contribution is 6.26. The van der Waals surface area contributed by atoms with Gasteiger partial charge in [-0.25, -0.2) is 0 Å². The molecule has 1 rings (SSSR count). The van der Waals surface area contributed by atoms with E-state index in [-0.39, 0.29) is 24.3 Å². The van der Waals surface area contributed by atoms with Crippen molar-refractivity contribution in [3.8, 4) is 0 Å². The van der Waals surface area contributed by atoms with Crippen LogP contribution in [-0.2, 0) is 14.3 Å². The predicted molar refractivity (Wildman–Crippen MR) is 122 cm³/mol. The van der Waals surface area contributed by atoms with E-state index in [1.165, 1.54) is 37.6 Å². The third-order valence-corrected chi connectivity index (χ3v) is 5.64. The van der Waals surface area contributed by atoms with Crippen molar-refractivity contribution in [2.24, 2.45) is 0 Å². The second-order valence-electron chi connectivity index (χ2n) is 7.79. The number of unbranched alkanes of at least 4 members (excludes halogenated alkanes) is 4. The van der Waals surface area contributed by atoms with Crippen molar-refractivity contribution < 1.29 is 19.4 Å². The summed E-state index contributed by atoms with van der Waals surface area (Å²) in [6.07, 6.45) is 15.5. The molecule has 0 aromatic carbocycles. The number of halogens is 1. The zero-order chi connectivity index (χ0) is 22.2. The highest BCUT2D eigenvalue weighted by Crippen LogP contribution is 2.21. The van der Waals surface area contributed by atoms with Crippen molar-refractivity contribution >= 4 is 23.3 Å². The van der Waals surface area contributed by atoms with E-state index >= 15 is 0 Å². The van der Waals surface area contributed by atoms with E-state index in [9.17, 15) is 14.7 Å². The number of aliphatic hydroxyl groups is 1. The van der Waals surface area contributed by atoms with Crippen molar-refractivity contribution in [2.75, 3.05) is 13.7 Å². The molecule has 0 saturated carbocycles. The summed E-state index contributed by atoms with van der Waals surface area (Å²) in [5.41, 5.74) is 2.24. The molecule has 2 atom stereocenters. The van der Waals surface area contributed by atoms with E-state index in [2.05, 4.69) is 18.3 Å². The number of amides is 1. The Morgan fingerprint density at radius 2 is 2.10 bits per heavy atom. The van der Waals surface area contributed by atoms with Crippen LogP contribution in [0.3, 0.4) is 0 Å². The number of ether oxygens (including phenoxy) is 1. The van der Waals surface area contributed by atoms with Gasteiger partial charge in [0.15, 0.2) is 5.78 Å². The number of carbonyl (C=O) groups is 2. The summed E-state index contributed by atoms with van der Waals surface area (Å²) in [5, 5.41) is 12.5. The van der Waals surface area contributed by atoms with Crippen LogP contribution in [0.5, 0.6) is 0 Å². The summed E-state index contributed by atoms with van der Waals surface area (Å²) in [5.74, 6) is -0.428. The molecule has 0 spiro atoms. The zero-order valence-electron chi connectivity index (χ0n) is 18.5. The molecular weight excluding hydrogens is 402 g/mol. The number of rotatable bonds is 15. The first-order valence-corrected chi connectivity index (χ1v) is 11.6. The number of Topliss-reactive ketones (excluding diaryl/α,β-unsaturated/α-hetero) is 1. The molecule has 0 saturated heterocycles. The first kappa shape index (κ1) is 26.6. The van der Waals surface area contributed by atoms with Crippen molar-refractivity contribution in [2.45, 2.75) is 89.8 Å². The molecular formula is C24H38ClNO4. The molecule has 1 aliphatic carbocycles. The number of hydrogen-bond donors (Lipinski definition) is 2. The number of ketones is 1. The Hall–Kier alpha value is -1.43. The fourth-order valence-corrected chi connectivity index (χ4v) is 3.64. The second kappa shape index (κ2) is 16.3. The standard InChI is InChI=1S/C24H38ClNO4/c1-3-4-5-6-8-12-20(30-2)13-9-7-10-16-23(28)26-18-19(17-25)21-14-11-15-22(27)24(21)29/h7,9,14,17,20,22,27H,3-6,8,10-13,15-16,18H2,1-2H3,(H,26,28)/b9-7+,19-17-/t20-,22?/m0/s1. The largest absolute Gasteiger partial charge is 0.385 e. The van der Waals surface area contributed by atoms with Gasteiger partial charge in [-0.1, -0.05) is 68.9 Å². The third kappa shape index (κ3) is 10.6. The molecule has 1 amide bonds. The van der Waals surface area contributed by atoms with Crippen molar-refractivity contribution in [1.29, 1.82) is 0 Å². The van der Waals surface area contributed by atoms with Crippen LogP contribution in [0.1, 0.15) is 77.6 Å². The van der Waals surface area contributed by atoms with E-state index in [4.69, 9.17) is 16.3 Å². The van der Waals surface area contributed by atoms with Crippen LogP contribution in [-0.4, -0.2) is 42.7 Å².